The summed E-state index contributed by atoms with van der Waals surface area (Å²) in [6.45, 7) is 8.13. The zero-order valence-electron chi connectivity index (χ0n) is 11.0. The van der Waals surface area contributed by atoms with E-state index in [1.165, 1.54) is 0 Å². The quantitative estimate of drug-likeness (QED) is 0.462. The molecule has 0 fully saturated rings. The molecule has 0 radical (unpaired) electrons. The number of carbonyl (C=O) groups excluding carboxylic acids is 2. The van der Waals surface area contributed by atoms with Gasteiger partial charge in [0.05, 0.1) is 6.61 Å². The Morgan fingerprint density at radius 2 is 2.00 bits per heavy atom. The van der Waals surface area contributed by atoms with Gasteiger partial charge >= 0.3 is 5.97 Å². The first-order chi connectivity index (χ1) is 8.11. The molecule has 0 aromatic carbocycles. The van der Waals surface area contributed by atoms with Crippen LogP contribution in [0.3, 0.4) is 0 Å². The monoisotopic (exact) mass is 244 g/mol. The van der Waals surface area contributed by atoms with E-state index in [0.29, 0.717) is 32.5 Å². The van der Waals surface area contributed by atoms with Gasteiger partial charge in [0.2, 0.25) is 5.91 Å². The van der Waals surface area contributed by atoms with Gasteiger partial charge in [0, 0.05) is 25.4 Å². The Morgan fingerprint density at radius 1 is 1.29 bits per heavy atom. The minimum Gasteiger partial charge on any atom is -0.466 e. The fourth-order valence-corrected chi connectivity index (χ4v) is 1.31. The van der Waals surface area contributed by atoms with Crippen LogP contribution in [-0.2, 0) is 14.3 Å². The summed E-state index contributed by atoms with van der Waals surface area (Å²) in [5.41, 5.74) is 0. The van der Waals surface area contributed by atoms with Gasteiger partial charge in [0.1, 0.15) is 0 Å². The predicted molar refractivity (Wildman–Crippen MR) is 66.6 cm³/mol. The lowest BCUT2D eigenvalue weighted by Crippen LogP contribution is -2.35. The molecule has 5 heteroatoms. The van der Waals surface area contributed by atoms with Gasteiger partial charge in [-0.05, 0) is 19.9 Å². The number of amides is 1. The maximum absolute atomic E-state index is 11.6. The topological polar surface area (TPSA) is 67.4 Å². The number of ether oxygens (including phenoxy) is 1. The molecule has 0 rings (SSSR count). The summed E-state index contributed by atoms with van der Waals surface area (Å²) in [7, 11) is 0. The Hall–Kier alpha value is -1.10. The third-order valence-corrected chi connectivity index (χ3v) is 2.31. The average molecular weight is 244 g/mol. The van der Waals surface area contributed by atoms with Crippen molar-refractivity contribution in [1.29, 1.82) is 0 Å². The van der Waals surface area contributed by atoms with Crippen LogP contribution in [0.2, 0.25) is 0 Å². The lowest BCUT2D eigenvalue weighted by atomic mass is 10.1. The summed E-state index contributed by atoms with van der Waals surface area (Å²) in [5.74, 6) is -0.227. The number of rotatable bonds is 9. The number of hydrogen-bond donors (Lipinski definition) is 2. The van der Waals surface area contributed by atoms with E-state index in [1.807, 2.05) is 13.8 Å². The second-order valence-electron chi connectivity index (χ2n) is 3.91. The van der Waals surface area contributed by atoms with E-state index in [2.05, 4.69) is 10.6 Å². The summed E-state index contributed by atoms with van der Waals surface area (Å²) in [6.07, 6.45) is 0.980. The SMILES string of the molecule is CCNCC(C)C(=O)NCCCC(=O)OCC. The molecular formula is C12H24N2O3. The van der Waals surface area contributed by atoms with E-state index in [0.717, 1.165) is 6.54 Å². The Morgan fingerprint density at radius 3 is 2.59 bits per heavy atom. The molecule has 0 aliphatic rings. The van der Waals surface area contributed by atoms with Crippen LogP contribution in [0.4, 0.5) is 0 Å². The summed E-state index contributed by atoms with van der Waals surface area (Å²) >= 11 is 0. The summed E-state index contributed by atoms with van der Waals surface area (Å²) in [6, 6.07) is 0. The third-order valence-electron chi connectivity index (χ3n) is 2.31. The van der Waals surface area contributed by atoms with Crippen LogP contribution < -0.4 is 10.6 Å². The van der Waals surface area contributed by atoms with Crippen molar-refractivity contribution in [2.45, 2.75) is 33.6 Å². The highest BCUT2D eigenvalue weighted by molar-refractivity contribution is 5.78. The van der Waals surface area contributed by atoms with Gasteiger partial charge in [0.25, 0.3) is 0 Å². The van der Waals surface area contributed by atoms with Crippen molar-refractivity contribution in [1.82, 2.24) is 10.6 Å². The van der Waals surface area contributed by atoms with Crippen molar-refractivity contribution in [2.75, 3.05) is 26.2 Å². The Labute approximate surface area is 103 Å². The van der Waals surface area contributed by atoms with Crippen LogP contribution in [-0.4, -0.2) is 38.1 Å². The lowest BCUT2D eigenvalue weighted by Gasteiger charge is -2.12. The van der Waals surface area contributed by atoms with Gasteiger partial charge in [-0.2, -0.15) is 0 Å². The van der Waals surface area contributed by atoms with Crippen LogP contribution in [0.15, 0.2) is 0 Å². The molecule has 0 aromatic heterocycles. The van der Waals surface area contributed by atoms with Crippen molar-refractivity contribution < 1.29 is 14.3 Å². The van der Waals surface area contributed by atoms with E-state index in [9.17, 15) is 9.59 Å². The summed E-state index contributed by atoms with van der Waals surface area (Å²) in [4.78, 5) is 22.6. The van der Waals surface area contributed by atoms with Crippen molar-refractivity contribution in [2.24, 2.45) is 5.92 Å². The molecule has 0 aromatic rings. The highest BCUT2D eigenvalue weighted by Crippen LogP contribution is 1.95. The number of nitrogens with one attached hydrogen (secondary N) is 2. The number of hydrogen-bond acceptors (Lipinski definition) is 4. The molecule has 0 aliphatic heterocycles. The number of esters is 1. The van der Waals surface area contributed by atoms with Crippen molar-refractivity contribution in [3.8, 4) is 0 Å². The maximum Gasteiger partial charge on any atom is 0.305 e. The first kappa shape index (κ1) is 15.9. The van der Waals surface area contributed by atoms with E-state index >= 15 is 0 Å². The molecule has 1 amide bonds. The first-order valence-electron chi connectivity index (χ1n) is 6.25. The smallest absolute Gasteiger partial charge is 0.305 e. The second kappa shape index (κ2) is 10.1. The molecular weight excluding hydrogens is 220 g/mol. The molecule has 0 spiro atoms. The molecule has 0 bridgehead atoms. The largest absolute Gasteiger partial charge is 0.466 e. The molecule has 0 saturated heterocycles. The van der Waals surface area contributed by atoms with Gasteiger partial charge in [-0.15, -0.1) is 0 Å². The standard InChI is InChI=1S/C12H24N2O3/c1-4-13-9-10(3)12(16)14-8-6-7-11(15)17-5-2/h10,13H,4-9H2,1-3H3,(H,14,16). The summed E-state index contributed by atoms with van der Waals surface area (Å²) in [5, 5.41) is 5.92. The molecule has 2 N–H and O–H groups in total. The minimum absolute atomic E-state index is 0.0230. The lowest BCUT2D eigenvalue weighted by molar-refractivity contribution is -0.143. The molecule has 0 aliphatic carbocycles. The van der Waals surface area contributed by atoms with Crippen LogP contribution in [0, 0.1) is 5.92 Å². The van der Waals surface area contributed by atoms with E-state index in [-0.39, 0.29) is 17.8 Å². The zero-order chi connectivity index (χ0) is 13.1. The summed E-state index contributed by atoms with van der Waals surface area (Å²) < 4.78 is 4.79. The molecule has 100 valence electrons. The van der Waals surface area contributed by atoms with Crippen LogP contribution in [0.5, 0.6) is 0 Å². The normalized spacial score (nSPS) is 11.9. The highest BCUT2D eigenvalue weighted by Gasteiger charge is 2.11. The fraction of sp³-hybridized carbons (Fsp3) is 0.833. The van der Waals surface area contributed by atoms with Crippen molar-refractivity contribution in [3.63, 3.8) is 0 Å². The van der Waals surface area contributed by atoms with Crippen LogP contribution >= 0.6 is 0 Å². The third kappa shape index (κ3) is 8.68. The minimum atomic E-state index is -0.206. The molecule has 17 heavy (non-hydrogen) atoms. The highest BCUT2D eigenvalue weighted by atomic mass is 16.5. The van der Waals surface area contributed by atoms with Gasteiger partial charge in [0.15, 0.2) is 0 Å². The van der Waals surface area contributed by atoms with Crippen molar-refractivity contribution in [3.05, 3.63) is 0 Å². The van der Waals surface area contributed by atoms with Gasteiger partial charge < -0.3 is 15.4 Å². The molecule has 0 saturated carbocycles. The van der Waals surface area contributed by atoms with Crippen molar-refractivity contribution >= 4 is 11.9 Å². The number of carbonyl (C=O) groups is 2. The van der Waals surface area contributed by atoms with E-state index < -0.39 is 0 Å². The average Bonchev–Trinajstić information content (AvgIpc) is 2.31. The molecule has 0 heterocycles. The molecule has 1 unspecified atom stereocenters. The Kier molecular flexibility index (Phi) is 9.43. The van der Waals surface area contributed by atoms with E-state index in [1.54, 1.807) is 6.92 Å². The first-order valence-corrected chi connectivity index (χ1v) is 6.25. The zero-order valence-corrected chi connectivity index (χ0v) is 11.0. The maximum atomic E-state index is 11.6. The fourth-order valence-electron chi connectivity index (χ4n) is 1.31. The van der Waals surface area contributed by atoms with E-state index in [4.69, 9.17) is 4.74 Å². The Balaban J connectivity index is 3.53. The second-order valence-corrected chi connectivity index (χ2v) is 3.91. The van der Waals surface area contributed by atoms with Gasteiger partial charge in [-0.3, -0.25) is 9.59 Å². The Bertz CT molecular complexity index is 232. The van der Waals surface area contributed by atoms with Gasteiger partial charge in [-0.1, -0.05) is 13.8 Å². The molecule has 5 nitrogen and oxygen atoms in total. The predicted octanol–water partition coefficient (Wildman–Crippen LogP) is 0.691. The van der Waals surface area contributed by atoms with Gasteiger partial charge in [-0.25, -0.2) is 0 Å². The molecule has 1 atom stereocenters. The van der Waals surface area contributed by atoms with Crippen LogP contribution in [0.25, 0.3) is 0 Å². The van der Waals surface area contributed by atoms with Crippen LogP contribution in [0.1, 0.15) is 33.6 Å².